The second-order valence-electron chi connectivity index (χ2n) is 5.56. The average molecular weight is 227 g/mol. The van der Waals surface area contributed by atoms with Crippen LogP contribution in [0.1, 0.15) is 51.9 Å². The summed E-state index contributed by atoms with van der Waals surface area (Å²) in [5.41, 5.74) is -0.442. The molecule has 2 N–H and O–H groups in total. The van der Waals surface area contributed by atoms with Gasteiger partial charge in [-0.3, -0.25) is 0 Å². The first-order valence-electron chi connectivity index (χ1n) is 6.76. The van der Waals surface area contributed by atoms with Gasteiger partial charge in [0, 0.05) is 13.1 Å². The Balaban J connectivity index is 1.63. The Labute approximate surface area is 98.6 Å². The summed E-state index contributed by atoms with van der Waals surface area (Å²) in [6, 6.07) is 0. The third kappa shape index (κ3) is 3.44. The normalized spacial score (nSPS) is 34.1. The predicted molar refractivity (Wildman–Crippen MR) is 64.5 cm³/mol. The van der Waals surface area contributed by atoms with Gasteiger partial charge in [-0.05, 0) is 32.6 Å². The molecule has 0 amide bonds. The zero-order valence-corrected chi connectivity index (χ0v) is 10.4. The van der Waals surface area contributed by atoms with Crippen molar-refractivity contribution < 1.29 is 9.84 Å². The Morgan fingerprint density at radius 3 is 2.62 bits per heavy atom. The maximum Gasteiger partial charge on any atom is 0.0771 e. The van der Waals surface area contributed by atoms with E-state index in [2.05, 4.69) is 12.2 Å². The SMILES string of the molecule is CC1CCC(CNCC2(O)CCCCC2)O1. The number of nitrogens with one attached hydrogen (secondary N) is 1. The molecule has 2 aliphatic rings. The monoisotopic (exact) mass is 227 g/mol. The third-order valence-corrected chi connectivity index (χ3v) is 3.93. The van der Waals surface area contributed by atoms with Gasteiger partial charge in [-0.2, -0.15) is 0 Å². The van der Waals surface area contributed by atoms with Gasteiger partial charge in [0.25, 0.3) is 0 Å². The van der Waals surface area contributed by atoms with E-state index in [0.717, 1.165) is 32.4 Å². The van der Waals surface area contributed by atoms with E-state index in [4.69, 9.17) is 4.74 Å². The van der Waals surface area contributed by atoms with Gasteiger partial charge >= 0.3 is 0 Å². The third-order valence-electron chi connectivity index (χ3n) is 3.93. The van der Waals surface area contributed by atoms with E-state index >= 15 is 0 Å². The van der Waals surface area contributed by atoms with Crippen LogP contribution in [-0.4, -0.2) is 36.0 Å². The quantitative estimate of drug-likeness (QED) is 0.770. The van der Waals surface area contributed by atoms with E-state index in [1.54, 1.807) is 0 Å². The standard InChI is InChI=1S/C13H25NO2/c1-11-5-6-12(16-11)9-14-10-13(15)7-3-2-4-8-13/h11-12,14-15H,2-10H2,1H3. The Kier molecular flexibility index (Phi) is 4.22. The van der Waals surface area contributed by atoms with Crippen LogP contribution >= 0.6 is 0 Å². The van der Waals surface area contributed by atoms with Gasteiger partial charge in [-0.25, -0.2) is 0 Å². The Morgan fingerprint density at radius 2 is 2.00 bits per heavy atom. The highest BCUT2D eigenvalue weighted by Crippen LogP contribution is 2.27. The molecule has 1 heterocycles. The fourth-order valence-electron chi connectivity index (χ4n) is 2.89. The highest BCUT2D eigenvalue weighted by molar-refractivity contribution is 4.85. The second kappa shape index (κ2) is 5.48. The summed E-state index contributed by atoms with van der Waals surface area (Å²) in [7, 11) is 0. The number of ether oxygens (including phenoxy) is 1. The van der Waals surface area contributed by atoms with Gasteiger partial charge in [0.1, 0.15) is 0 Å². The molecule has 94 valence electrons. The smallest absolute Gasteiger partial charge is 0.0771 e. The topological polar surface area (TPSA) is 41.5 Å². The predicted octanol–water partition coefficient (Wildman–Crippen LogP) is 1.84. The first kappa shape index (κ1) is 12.3. The molecule has 0 aromatic carbocycles. The van der Waals surface area contributed by atoms with Crippen LogP contribution in [0.15, 0.2) is 0 Å². The van der Waals surface area contributed by atoms with Crippen molar-refractivity contribution in [2.45, 2.75) is 69.7 Å². The van der Waals surface area contributed by atoms with Gasteiger partial charge in [-0.1, -0.05) is 19.3 Å². The maximum absolute atomic E-state index is 10.3. The minimum Gasteiger partial charge on any atom is -0.389 e. The van der Waals surface area contributed by atoms with E-state index in [0.29, 0.717) is 12.2 Å². The molecule has 0 aromatic heterocycles. The van der Waals surface area contributed by atoms with Crippen LogP contribution in [0.3, 0.4) is 0 Å². The lowest BCUT2D eigenvalue weighted by atomic mass is 9.85. The van der Waals surface area contributed by atoms with Gasteiger partial charge in [-0.15, -0.1) is 0 Å². The van der Waals surface area contributed by atoms with Gasteiger partial charge < -0.3 is 15.2 Å². The zero-order chi connectivity index (χ0) is 11.4. The summed E-state index contributed by atoms with van der Waals surface area (Å²) >= 11 is 0. The molecule has 1 saturated carbocycles. The van der Waals surface area contributed by atoms with Crippen LogP contribution in [0.5, 0.6) is 0 Å². The van der Waals surface area contributed by atoms with E-state index in [1.807, 2.05) is 0 Å². The molecular formula is C13H25NO2. The van der Waals surface area contributed by atoms with Crippen LogP contribution in [0.4, 0.5) is 0 Å². The van der Waals surface area contributed by atoms with Gasteiger partial charge in [0.15, 0.2) is 0 Å². The van der Waals surface area contributed by atoms with Gasteiger partial charge in [0.05, 0.1) is 17.8 Å². The molecule has 0 bridgehead atoms. The van der Waals surface area contributed by atoms with Crippen molar-refractivity contribution in [1.82, 2.24) is 5.32 Å². The maximum atomic E-state index is 10.3. The molecule has 2 rings (SSSR count). The fraction of sp³-hybridized carbons (Fsp3) is 1.00. The van der Waals surface area contributed by atoms with Crippen LogP contribution in [0.25, 0.3) is 0 Å². The molecule has 0 spiro atoms. The molecule has 16 heavy (non-hydrogen) atoms. The highest BCUT2D eigenvalue weighted by Gasteiger charge is 2.29. The van der Waals surface area contributed by atoms with Crippen LogP contribution in [0.2, 0.25) is 0 Å². The van der Waals surface area contributed by atoms with Crippen LogP contribution in [-0.2, 0) is 4.74 Å². The summed E-state index contributed by atoms with van der Waals surface area (Å²) < 4.78 is 5.74. The van der Waals surface area contributed by atoms with Gasteiger partial charge in [0.2, 0.25) is 0 Å². The minimum atomic E-state index is -0.442. The summed E-state index contributed by atoms with van der Waals surface area (Å²) in [4.78, 5) is 0. The number of aliphatic hydroxyl groups is 1. The molecule has 3 heteroatoms. The van der Waals surface area contributed by atoms with Crippen molar-refractivity contribution in [3.8, 4) is 0 Å². The summed E-state index contributed by atoms with van der Waals surface area (Å²) in [6.07, 6.45) is 8.68. The lowest BCUT2D eigenvalue weighted by Gasteiger charge is -2.32. The van der Waals surface area contributed by atoms with Crippen molar-refractivity contribution in [2.24, 2.45) is 0 Å². The van der Waals surface area contributed by atoms with Crippen molar-refractivity contribution in [3.05, 3.63) is 0 Å². The summed E-state index contributed by atoms with van der Waals surface area (Å²) in [5.74, 6) is 0. The van der Waals surface area contributed by atoms with Crippen molar-refractivity contribution in [3.63, 3.8) is 0 Å². The van der Waals surface area contributed by atoms with Crippen LogP contribution < -0.4 is 5.32 Å². The molecule has 0 radical (unpaired) electrons. The Hall–Kier alpha value is -0.120. The average Bonchev–Trinajstić information content (AvgIpc) is 2.65. The van der Waals surface area contributed by atoms with E-state index in [1.165, 1.54) is 25.7 Å². The van der Waals surface area contributed by atoms with Crippen LogP contribution in [0, 0.1) is 0 Å². The number of hydrogen-bond acceptors (Lipinski definition) is 3. The molecule has 2 atom stereocenters. The van der Waals surface area contributed by atoms with Crippen molar-refractivity contribution in [2.75, 3.05) is 13.1 Å². The molecule has 2 unspecified atom stereocenters. The van der Waals surface area contributed by atoms with E-state index in [9.17, 15) is 5.11 Å². The largest absolute Gasteiger partial charge is 0.389 e. The first-order valence-corrected chi connectivity index (χ1v) is 6.76. The van der Waals surface area contributed by atoms with E-state index < -0.39 is 5.60 Å². The molecule has 0 aromatic rings. The first-order chi connectivity index (χ1) is 7.68. The zero-order valence-electron chi connectivity index (χ0n) is 10.4. The molecular weight excluding hydrogens is 202 g/mol. The fourth-order valence-corrected chi connectivity index (χ4v) is 2.89. The molecule has 1 aliphatic carbocycles. The molecule has 1 saturated heterocycles. The number of hydrogen-bond donors (Lipinski definition) is 2. The lowest BCUT2D eigenvalue weighted by Crippen LogP contribution is -2.44. The number of rotatable bonds is 4. The lowest BCUT2D eigenvalue weighted by molar-refractivity contribution is -0.000632. The second-order valence-corrected chi connectivity index (χ2v) is 5.56. The van der Waals surface area contributed by atoms with Crippen molar-refractivity contribution >= 4 is 0 Å². The Morgan fingerprint density at radius 1 is 1.25 bits per heavy atom. The Bertz CT molecular complexity index is 214. The highest BCUT2D eigenvalue weighted by atomic mass is 16.5. The minimum absolute atomic E-state index is 0.363. The molecule has 1 aliphatic heterocycles. The van der Waals surface area contributed by atoms with Crippen molar-refractivity contribution in [1.29, 1.82) is 0 Å². The van der Waals surface area contributed by atoms with E-state index in [-0.39, 0.29) is 0 Å². The summed E-state index contributed by atoms with van der Waals surface area (Å²) in [5, 5.41) is 13.7. The summed E-state index contributed by atoms with van der Waals surface area (Å²) in [6.45, 7) is 3.77. The molecule has 2 fully saturated rings. The molecule has 3 nitrogen and oxygen atoms in total.